The van der Waals surface area contributed by atoms with Gasteiger partial charge in [0.25, 0.3) is 6.43 Å². The topological polar surface area (TPSA) is 35.5 Å². The van der Waals surface area contributed by atoms with E-state index in [4.69, 9.17) is 23.2 Å². The lowest BCUT2D eigenvalue weighted by Crippen LogP contribution is -2.46. The molecule has 2 N–H and O–H groups in total. The van der Waals surface area contributed by atoms with Crippen molar-refractivity contribution in [3.8, 4) is 5.75 Å². The molecule has 0 saturated carbocycles. The predicted molar refractivity (Wildman–Crippen MR) is 71.3 cm³/mol. The lowest BCUT2D eigenvalue weighted by molar-refractivity contribution is 0.0170. The zero-order valence-corrected chi connectivity index (χ0v) is 11.6. The minimum absolute atomic E-state index is 0.0834. The molecule has 0 radical (unpaired) electrons. The SMILES string of the molecule is Oc1c([C@H](C(F)F)N2CCNCC2)ccc(Cl)c1Cl. The summed E-state index contributed by atoms with van der Waals surface area (Å²) in [7, 11) is 0. The Morgan fingerprint density at radius 3 is 2.42 bits per heavy atom. The van der Waals surface area contributed by atoms with Crippen LogP contribution in [-0.2, 0) is 0 Å². The van der Waals surface area contributed by atoms with E-state index in [0.29, 0.717) is 26.2 Å². The van der Waals surface area contributed by atoms with Crippen LogP contribution in [0.25, 0.3) is 0 Å². The maximum absolute atomic E-state index is 13.3. The summed E-state index contributed by atoms with van der Waals surface area (Å²) in [5.74, 6) is -0.363. The Morgan fingerprint density at radius 1 is 1.21 bits per heavy atom. The summed E-state index contributed by atoms with van der Waals surface area (Å²) in [6.45, 7) is 2.28. The van der Waals surface area contributed by atoms with E-state index in [-0.39, 0.29) is 21.4 Å². The second kappa shape index (κ2) is 6.22. The molecule has 1 fully saturated rings. The minimum Gasteiger partial charge on any atom is -0.506 e. The number of alkyl halides is 2. The molecule has 1 aliphatic rings. The number of piperazine rings is 1. The first-order valence-corrected chi connectivity index (χ1v) is 6.67. The number of benzene rings is 1. The van der Waals surface area contributed by atoms with Crippen molar-refractivity contribution < 1.29 is 13.9 Å². The summed E-state index contributed by atoms with van der Waals surface area (Å²) in [4.78, 5) is 1.64. The minimum atomic E-state index is -2.61. The van der Waals surface area contributed by atoms with E-state index >= 15 is 0 Å². The fourth-order valence-electron chi connectivity index (χ4n) is 2.25. The summed E-state index contributed by atoms with van der Waals surface area (Å²) in [5, 5.41) is 13.1. The number of phenols is 1. The number of hydrogen-bond donors (Lipinski definition) is 2. The molecule has 1 saturated heterocycles. The molecular weight excluding hydrogens is 297 g/mol. The summed E-state index contributed by atoms with van der Waals surface area (Å²) in [6, 6.07) is 1.66. The Hall–Kier alpha value is -0.620. The molecule has 0 aromatic heterocycles. The van der Waals surface area contributed by atoms with Crippen LogP contribution in [0, 0.1) is 0 Å². The molecule has 1 atom stereocenters. The van der Waals surface area contributed by atoms with E-state index in [0.717, 1.165) is 0 Å². The van der Waals surface area contributed by atoms with E-state index in [9.17, 15) is 13.9 Å². The third-order valence-electron chi connectivity index (χ3n) is 3.20. The van der Waals surface area contributed by atoms with Crippen LogP contribution in [0.3, 0.4) is 0 Å². The van der Waals surface area contributed by atoms with Crippen molar-refractivity contribution in [2.45, 2.75) is 12.5 Å². The number of hydrogen-bond acceptors (Lipinski definition) is 3. The second-order valence-corrected chi connectivity index (χ2v) is 5.15. The highest BCUT2D eigenvalue weighted by atomic mass is 35.5. The van der Waals surface area contributed by atoms with Gasteiger partial charge in [0, 0.05) is 31.7 Å². The van der Waals surface area contributed by atoms with E-state index in [2.05, 4.69) is 5.32 Å². The van der Waals surface area contributed by atoms with Crippen LogP contribution in [0.1, 0.15) is 11.6 Å². The Balaban J connectivity index is 2.36. The van der Waals surface area contributed by atoms with Crippen molar-refractivity contribution in [1.29, 1.82) is 0 Å². The fraction of sp³-hybridized carbons (Fsp3) is 0.500. The number of nitrogens with zero attached hydrogens (tertiary/aromatic N) is 1. The van der Waals surface area contributed by atoms with Gasteiger partial charge in [0.05, 0.1) is 5.02 Å². The molecule has 7 heteroatoms. The van der Waals surface area contributed by atoms with Crippen LogP contribution in [0.15, 0.2) is 12.1 Å². The van der Waals surface area contributed by atoms with Gasteiger partial charge in [-0.15, -0.1) is 0 Å². The molecule has 3 nitrogen and oxygen atoms in total. The zero-order valence-electron chi connectivity index (χ0n) is 10.0. The molecule has 0 aliphatic carbocycles. The van der Waals surface area contributed by atoms with E-state index in [1.807, 2.05) is 0 Å². The van der Waals surface area contributed by atoms with Crippen molar-refractivity contribution in [3.63, 3.8) is 0 Å². The Labute approximate surface area is 120 Å². The lowest BCUT2D eigenvalue weighted by Gasteiger charge is -2.35. The van der Waals surface area contributed by atoms with Crippen LogP contribution in [-0.4, -0.2) is 42.6 Å². The Morgan fingerprint density at radius 2 is 1.84 bits per heavy atom. The summed E-state index contributed by atoms with van der Waals surface area (Å²) in [5.41, 5.74) is 0.117. The quantitative estimate of drug-likeness (QED) is 0.901. The van der Waals surface area contributed by atoms with Gasteiger partial charge in [-0.2, -0.15) is 0 Å². The highest BCUT2D eigenvalue weighted by molar-refractivity contribution is 6.43. The van der Waals surface area contributed by atoms with Gasteiger partial charge < -0.3 is 10.4 Å². The highest BCUT2D eigenvalue weighted by Gasteiger charge is 2.32. The molecule has 2 rings (SSSR count). The Kier molecular flexibility index (Phi) is 4.84. The molecule has 1 aromatic carbocycles. The van der Waals surface area contributed by atoms with E-state index < -0.39 is 12.5 Å². The van der Waals surface area contributed by atoms with Crippen molar-refractivity contribution in [2.24, 2.45) is 0 Å². The lowest BCUT2D eigenvalue weighted by atomic mass is 10.0. The highest BCUT2D eigenvalue weighted by Crippen LogP contribution is 2.40. The largest absolute Gasteiger partial charge is 0.506 e. The third-order valence-corrected chi connectivity index (χ3v) is 4.00. The number of nitrogens with one attached hydrogen (secondary N) is 1. The van der Waals surface area contributed by atoms with Crippen LogP contribution in [0.5, 0.6) is 5.75 Å². The van der Waals surface area contributed by atoms with Gasteiger partial charge in [-0.1, -0.05) is 29.3 Å². The molecule has 106 valence electrons. The number of aromatic hydroxyl groups is 1. The van der Waals surface area contributed by atoms with Gasteiger partial charge in [0.2, 0.25) is 0 Å². The molecular formula is C12H14Cl2F2N2O. The van der Waals surface area contributed by atoms with Crippen LogP contribution < -0.4 is 5.32 Å². The molecule has 1 aliphatic heterocycles. The number of halogens is 4. The van der Waals surface area contributed by atoms with Crippen LogP contribution in [0.4, 0.5) is 8.78 Å². The standard InChI is InChI=1S/C12H14Cl2F2N2O/c13-8-2-1-7(11(19)9(8)14)10(12(15)16)18-5-3-17-4-6-18/h1-2,10,12,17,19H,3-6H2/t10-/m1/s1. The summed E-state index contributed by atoms with van der Waals surface area (Å²) in [6.07, 6.45) is -2.61. The zero-order chi connectivity index (χ0) is 14.0. The molecule has 19 heavy (non-hydrogen) atoms. The van der Waals surface area contributed by atoms with E-state index in [1.54, 1.807) is 4.90 Å². The van der Waals surface area contributed by atoms with Gasteiger partial charge in [-0.05, 0) is 6.07 Å². The summed E-state index contributed by atoms with van der Waals surface area (Å²) >= 11 is 11.6. The first kappa shape index (κ1) is 14.8. The molecule has 0 unspecified atom stereocenters. The van der Waals surface area contributed by atoms with Gasteiger partial charge in [-0.3, -0.25) is 4.90 Å². The normalized spacial score (nSPS) is 18.8. The molecule has 1 aromatic rings. The summed E-state index contributed by atoms with van der Waals surface area (Å²) < 4.78 is 26.7. The van der Waals surface area contributed by atoms with Crippen molar-refractivity contribution in [2.75, 3.05) is 26.2 Å². The van der Waals surface area contributed by atoms with Crippen molar-refractivity contribution in [3.05, 3.63) is 27.7 Å². The van der Waals surface area contributed by atoms with Gasteiger partial charge in [0.1, 0.15) is 16.8 Å². The number of rotatable bonds is 3. The van der Waals surface area contributed by atoms with Crippen LogP contribution in [0.2, 0.25) is 10.0 Å². The van der Waals surface area contributed by atoms with Crippen molar-refractivity contribution in [1.82, 2.24) is 10.2 Å². The number of phenolic OH excluding ortho intramolecular Hbond substituents is 1. The first-order chi connectivity index (χ1) is 9.02. The Bertz CT molecular complexity index is 454. The third kappa shape index (κ3) is 3.11. The maximum atomic E-state index is 13.3. The molecule has 1 heterocycles. The second-order valence-electron chi connectivity index (χ2n) is 4.36. The van der Waals surface area contributed by atoms with Crippen molar-refractivity contribution >= 4 is 23.2 Å². The maximum Gasteiger partial charge on any atom is 0.258 e. The first-order valence-electron chi connectivity index (χ1n) is 5.92. The fourth-order valence-corrected chi connectivity index (χ4v) is 2.57. The van der Waals surface area contributed by atoms with Gasteiger partial charge in [-0.25, -0.2) is 8.78 Å². The molecule has 0 bridgehead atoms. The van der Waals surface area contributed by atoms with Gasteiger partial charge >= 0.3 is 0 Å². The average molecular weight is 311 g/mol. The molecule has 0 spiro atoms. The smallest absolute Gasteiger partial charge is 0.258 e. The van der Waals surface area contributed by atoms with Crippen LogP contribution >= 0.6 is 23.2 Å². The monoisotopic (exact) mass is 310 g/mol. The molecule has 0 amide bonds. The average Bonchev–Trinajstić information content (AvgIpc) is 2.40. The van der Waals surface area contributed by atoms with E-state index in [1.165, 1.54) is 12.1 Å². The van der Waals surface area contributed by atoms with Gasteiger partial charge in [0.15, 0.2) is 0 Å². The predicted octanol–water partition coefficient (Wildman–Crippen LogP) is 2.91.